The van der Waals surface area contributed by atoms with Gasteiger partial charge in [-0.3, -0.25) is 9.78 Å². The molecule has 9 heteroatoms. The number of halogens is 1. The molecule has 3 aromatic carbocycles. The predicted octanol–water partition coefficient (Wildman–Crippen LogP) is 8.52. The third kappa shape index (κ3) is 10.8. The van der Waals surface area contributed by atoms with Crippen molar-refractivity contribution in [2.45, 2.75) is 85.3 Å². The molecule has 0 saturated heterocycles. The number of hydrogen-bond donors (Lipinski definition) is 1. The average molecular weight is 643 g/mol. The minimum Gasteiger partial charge on any atom is -0.489 e. The van der Waals surface area contributed by atoms with E-state index >= 15 is 4.39 Å². The lowest BCUT2D eigenvalue weighted by Crippen LogP contribution is -2.34. The Balaban J connectivity index is 1.62. The van der Waals surface area contributed by atoms with E-state index in [1.165, 1.54) is 0 Å². The van der Waals surface area contributed by atoms with Crippen LogP contribution >= 0.6 is 0 Å². The van der Waals surface area contributed by atoms with Gasteiger partial charge in [-0.1, -0.05) is 42.5 Å². The second-order valence-electron chi connectivity index (χ2n) is 13.2. The first-order valence-corrected chi connectivity index (χ1v) is 15.5. The largest absolute Gasteiger partial charge is 0.489 e. The van der Waals surface area contributed by atoms with Crippen molar-refractivity contribution in [2.24, 2.45) is 0 Å². The van der Waals surface area contributed by atoms with E-state index in [0.717, 1.165) is 11.3 Å². The number of para-hydroxylation sites is 1. The van der Waals surface area contributed by atoms with Gasteiger partial charge in [0.15, 0.2) is 0 Å². The molecule has 1 amide bonds. The molecule has 4 aromatic rings. The Kier molecular flexibility index (Phi) is 11.2. The molecule has 0 saturated carbocycles. The van der Waals surface area contributed by atoms with Gasteiger partial charge in [0.2, 0.25) is 0 Å². The molecule has 4 rings (SSSR count). The number of aromatic nitrogens is 1. The van der Waals surface area contributed by atoms with Gasteiger partial charge in [0.05, 0.1) is 18.2 Å². The number of nitrogens with zero attached hydrogens (tertiary/aromatic N) is 1. The van der Waals surface area contributed by atoms with Gasteiger partial charge in [-0.25, -0.2) is 9.18 Å². The first-order valence-electron chi connectivity index (χ1n) is 15.5. The highest BCUT2D eigenvalue weighted by Crippen LogP contribution is 2.33. The van der Waals surface area contributed by atoms with E-state index in [2.05, 4.69) is 10.3 Å². The number of amides is 1. The highest BCUT2D eigenvalue weighted by molar-refractivity contribution is 5.74. The average Bonchev–Trinajstić information content (AvgIpc) is 2.98. The lowest BCUT2D eigenvalue weighted by atomic mass is 9.97. The van der Waals surface area contributed by atoms with Crippen LogP contribution in [0.4, 0.5) is 9.18 Å². The minimum atomic E-state index is -0.686. The van der Waals surface area contributed by atoms with Gasteiger partial charge < -0.3 is 24.3 Å². The van der Waals surface area contributed by atoms with Crippen LogP contribution in [-0.2, 0) is 33.9 Å². The molecule has 0 radical (unpaired) electrons. The van der Waals surface area contributed by atoms with E-state index in [1.807, 2.05) is 69.3 Å². The Morgan fingerprint density at radius 1 is 0.830 bits per heavy atom. The monoisotopic (exact) mass is 642 g/mol. The molecule has 0 aliphatic heterocycles. The molecular weight excluding hydrogens is 599 g/mol. The number of nitrogens with one attached hydrogen (secondary N) is 1. The van der Waals surface area contributed by atoms with Gasteiger partial charge >= 0.3 is 12.1 Å². The van der Waals surface area contributed by atoms with Crippen LogP contribution in [0.5, 0.6) is 11.5 Å². The number of alkyl carbamates (subject to hydrolysis) is 1. The summed E-state index contributed by atoms with van der Waals surface area (Å²) in [6.45, 7) is 12.8. The van der Waals surface area contributed by atoms with Crippen molar-refractivity contribution in [3.63, 3.8) is 0 Å². The number of rotatable bonds is 11. The molecule has 248 valence electrons. The van der Waals surface area contributed by atoms with Gasteiger partial charge in [-0.05, 0) is 96.0 Å². The second kappa shape index (κ2) is 15.1. The van der Waals surface area contributed by atoms with Crippen LogP contribution in [0, 0.1) is 5.82 Å². The van der Waals surface area contributed by atoms with Crippen LogP contribution in [0.2, 0.25) is 0 Å². The van der Waals surface area contributed by atoms with Crippen molar-refractivity contribution in [3.05, 3.63) is 113 Å². The number of ether oxygens (including phenoxy) is 4. The number of esters is 1. The van der Waals surface area contributed by atoms with E-state index in [9.17, 15) is 9.59 Å². The smallest absolute Gasteiger partial charge is 0.408 e. The summed E-state index contributed by atoms with van der Waals surface area (Å²) < 4.78 is 39.3. The molecule has 1 atom stereocenters. The molecule has 0 bridgehead atoms. The van der Waals surface area contributed by atoms with Gasteiger partial charge in [-0.2, -0.15) is 0 Å². The SMILES string of the molecule is C[C@H](NC(=O)OC(C)(C)C)c1cccc(-c2cc(COc3ccccc3CC(=O)OC(C)(C)C)cc(OCc3ccccn3)c2)c1F. The summed E-state index contributed by atoms with van der Waals surface area (Å²) in [5, 5.41) is 2.72. The quantitative estimate of drug-likeness (QED) is 0.164. The number of benzene rings is 3. The zero-order valence-electron chi connectivity index (χ0n) is 28.1. The standard InChI is InChI=1S/C38H43FN2O6/c1-25(41-36(43)47-38(5,6)7)31-15-12-16-32(35(31)39)28-19-26(20-30(21-28)44-24-29-14-10-11-18-40-29)23-45-33-17-9-8-13-27(33)22-34(42)46-37(2,3)4/h8-21,25H,22-24H2,1-7H3,(H,41,43)/t25-/m0/s1. The van der Waals surface area contributed by atoms with Crippen molar-refractivity contribution >= 4 is 12.1 Å². The van der Waals surface area contributed by atoms with Crippen molar-refractivity contribution < 1.29 is 32.9 Å². The Labute approximate surface area is 276 Å². The van der Waals surface area contributed by atoms with Gasteiger partial charge in [0.1, 0.15) is 41.7 Å². The van der Waals surface area contributed by atoms with Crippen LogP contribution < -0.4 is 14.8 Å². The lowest BCUT2D eigenvalue weighted by Gasteiger charge is -2.22. The molecule has 1 heterocycles. The zero-order chi connectivity index (χ0) is 34.2. The number of pyridine rings is 1. The van der Waals surface area contributed by atoms with E-state index < -0.39 is 29.2 Å². The topological polar surface area (TPSA) is 96.0 Å². The summed E-state index contributed by atoms with van der Waals surface area (Å²) in [7, 11) is 0. The van der Waals surface area contributed by atoms with Gasteiger partial charge in [0, 0.05) is 22.9 Å². The van der Waals surface area contributed by atoms with E-state index in [4.69, 9.17) is 18.9 Å². The van der Waals surface area contributed by atoms with Crippen molar-refractivity contribution in [3.8, 4) is 22.6 Å². The molecule has 8 nitrogen and oxygen atoms in total. The van der Waals surface area contributed by atoms with Crippen molar-refractivity contribution in [2.75, 3.05) is 0 Å². The highest BCUT2D eigenvalue weighted by atomic mass is 19.1. The maximum Gasteiger partial charge on any atom is 0.408 e. The minimum absolute atomic E-state index is 0.0550. The predicted molar refractivity (Wildman–Crippen MR) is 179 cm³/mol. The highest BCUT2D eigenvalue weighted by Gasteiger charge is 2.22. The summed E-state index contributed by atoms with van der Waals surface area (Å²) in [6, 6.07) is 22.7. The molecule has 0 spiro atoms. The molecule has 0 aliphatic rings. The maximum absolute atomic E-state index is 16.1. The molecule has 1 aromatic heterocycles. The van der Waals surface area contributed by atoms with Crippen LogP contribution in [0.3, 0.4) is 0 Å². The van der Waals surface area contributed by atoms with Crippen LogP contribution in [0.25, 0.3) is 11.1 Å². The molecule has 0 fully saturated rings. The lowest BCUT2D eigenvalue weighted by molar-refractivity contribution is -0.153. The van der Waals surface area contributed by atoms with Gasteiger partial charge in [0.25, 0.3) is 0 Å². The second-order valence-corrected chi connectivity index (χ2v) is 13.2. The van der Waals surface area contributed by atoms with Crippen molar-refractivity contribution in [1.29, 1.82) is 0 Å². The van der Waals surface area contributed by atoms with Crippen LogP contribution in [0.15, 0.2) is 85.1 Å². The molecule has 47 heavy (non-hydrogen) atoms. The summed E-state index contributed by atoms with van der Waals surface area (Å²) in [6.07, 6.45) is 1.11. The molecule has 1 N–H and O–H groups in total. The van der Waals surface area contributed by atoms with Gasteiger partial charge in [-0.15, -0.1) is 0 Å². The third-order valence-corrected chi connectivity index (χ3v) is 6.74. The van der Waals surface area contributed by atoms with Crippen LogP contribution in [-0.4, -0.2) is 28.2 Å². The summed E-state index contributed by atoms with van der Waals surface area (Å²) in [5.74, 6) is 0.201. The van der Waals surface area contributed by atoms with E-state index in [0.29, 0.717) is 33.8 Å². The fourth-order valence-electron chi connectivity index (χ4n) is 4.78. The van der Waals surface area contributed by atoms with E-state index in [1.54, 1.807) is 64.2 Å². The number of carbonyl (C=O) groups is 2. The number of hydrogen-bond acceptors (Lipinski definition) is 7. The van der Waals surface area contributed by atoms with Crippen molar-refractivity contribution in [1.82, 2.24) is 10.3 Å². The van der Waals surface area contributed by atoms with Crippen LogP contribution in [0.1, 0.15) is 76.9 Å². The fraction of sp³-hybridized carbons (Fsp3) is 0.342. The first kappa shape index (κ1) is 34.9. The van der Waals surface area contributed by atoms with E-state index in [-0.39, 0.29) is 25.6 Å². The Morgan fingerprint density at radius 2 is 1.55 bits per heavy atom. The Bertz CT molecular complexity index is 1680. The fourth-order valence-corrected chi connectivity index (χ4v) is 4.78. The summed E-state index contributed by atoms with van der Waals surface area (Å²) >= 11 is 0. The third-order valence-electron chi connectivity index (χ3n) is 6.74. The first-order chi connectivity index (χ1) is 22.2. The maximum atomic E-state index is 16.1. The Hall–Kier alpha value is -4.92. The zero-order valence-corrected chi connectivity index (χ0v) is 28.1. The number of carbonyl (C=O) groups excluding carboxylic acids is 2. The summed E-state index contributed by atoms with van der Waals surface area (Å²) in [4.78, 5) is 29.3. The summed E-state index contributed by atoms with van der Waals surface area (Å²) in [5.41, 5.74) is 2.06. The normalized spacial score (nSPS) is 12.2. The molecular formula is C38H43FN2O6. The Morgan fingerprint density at radius 3 is 2.26 bits per heavy atom. The molecule has 0 aliphatic carbocycles. The molecule has 0 unspecified atom stereocenters.